The molecule has 1 aliphatic rings. The average molecular weight is 553 g/mol. The predicted molar refractivity (Wildman–Crippen MR) is 135 cm³/mol. The van der Waals surface area contributed by atoms with Gasteiger partial charge in [-0.15, -0.1) is 0 Å². The summed E-state index contributed by atoms with van der Waals surface area (Å²) in [6, 6.07) is 25.5. The third kappa shape index (κ3) is 5.83. The van der Waals surface area contributed by atoms with Crippen LogP contribution in [0, 0.1) is 0 Å². The van der Waals surface area contributed by atoms with Crippen molar-refractivity contribution < 1.29 is 33.3 Å². The lowest BCUT2D eigenvalue weighted by atomic mass is 10.0. The summed E-state index contributed by atoms with van der Waals surface area (Å²) in [5, 5.41) is 0. The number of hydrogen-bond acceptors (Lipinski definition) is 7. The van der Waals surface area contributed by atoms with Crippen LogP contribution in [-0.4, -0.2) is 47.3 Å². The van der Waals surface area contributed by atoms with Gasteiger partial charge in [0.15, 0.2) is 16.7 Å². The molecule has 0 radical (unpaired) electrons. The van der Waals surface area contributed by atoms with E-state index in [0.29, 0.717) is 23.1 Å². The molecule has 1 saturated heterocycles. The van der Waals surface area contributed by atoms with Gasteiger partial charge in [0.1, 0.15) is 12.7 Å². The monoisotopic (exact) mass is 552 g/mol. The van der Waals surface area contributed by atoms with E-state index in [1.54, 1.807) is 91.0 Å². The molecule has 3 aromatic rings. The summed E-state index contributed by atoms with van der Waals surface area (Å²) < 4.78 is 21.9. The van der Waals surface area contributed by atoms with Gasteiger partial charge in [0.25, 0.3) is 0 Å². The summed E-state index contributed by atoms with van der Waals surface area (Å²) in [6.07, 6.45) is -2.23. The second kappa shape index (κ2) is 11.5. The molecule has 1 heterocycles. The van der Waals surface area contributed by atoms with Crippen molar-refractivity contribution in [2.45, 2.75) is 36.2 Å². The van der Waals surface area contributed by atoms with Gasteiger partial charge < -0.3 is 18.9 Å². The molecular formula is C28H25BrO7. The zero-order valence-electron chi connectivity index (χ0n) is 19.5. The van der Waals surface area contributed by atoms with Crippen LogP contribution < -0.4 is 0 Å². The zero-order valence-corrected chi connectivity index (χ0v) is 21.1. The van der Waals surface area contributed by atoms with E-state index in [2.05, 4.69) is 15.9 Å². The van der Waals surface area contributed by atoms with Gasteiger partial charge in [-0.1, -0.05) is 61.5 Å². The number of carbonyl (C=O) groups is 3. The highest BCUT2D eigenvalue weighted by Crippen LogP contribution is 2.42. The first kappa shape index (κ1) is 25.6. The summed E-state index contributed by atoms with van der Waals surface area (Å²) >= 11 is 3.51. The van der Waals surface area contributed by atoms with Crippen molar-refractivity contribution in [3.05, 3.63) is 108 Å². The van der Waals surface area contributed by atoms with Crippen molar-refractivity contribution in [2.75, 3.05) is 6.61 Å². The second-order valence-corrected chi connectivity index (χ2v) is 9.56. The van der Waals surface area contributed by atoms with Gasteiger partial charge in [-0.25, -0.2) is 14.4 Å². The zero-order chi connectivity index (χ0) is 25.5. The Kier molecular flexibility index (Phi) is 8.18. The molecule has 2 unspecified atom stereocenters. The Labute approximate surface area is 217 Å². The lowest BCUT2D eigenvalue weighted by Gasteiger charge is -2.29. The van der Waals surface area contributed by atoms with Gasteiger partial charge >= 0.3 is 17.9 Å². The van der Waals surface area contributed by atoms with Crippen LogP contribution >= 0.6 is 15.9 Å². The summed E-state index contributed by atoms with van der Waals surface area (Å²) in [7, 11) is 0. The molecule has 0 aliphatic carbocycles. The Morgan fingerprint density at radius 3 is 1.67 bits per heavy atom. The number of esters is 3. The maximum absolute atomic E-state index is 13.0. The van der Waals surface area contributed by atoms with E-state index in [4.69, 9.17) is 18.9 Å². The van der Waals surface area contributed by atoms with Crippen LogP contribution in [0.5, 0.6) is 0 Å². The van der Waals surface area contributed by atoms with Crippen LogP contribution in [0.15, 0.2) is 91.0 Å². The third-order valence-corrected chi connectivity index (χ3v) is 6.61. The summed E-state index contributed by atoms with van der Waals surface area (Å²) in [5.74, 6) is -1.77. The highest BCUT2D eigenvalue weighted by atomic mass is 79.9. The van der Waals surface area contributed by atoms with Gasteiger partial charge in [0, 0.05) is 0 Å². The van der Waals surface area contributed by atoms with Crippen LogP contribution in [0.25, 0.3) is 0 Å². The fourth-order valence-electron chi connectivity index (χ4n) is 3.90. The van der Waals surface area contributed by atoms with Crippen molar-refractivity contribution in [3.8, 4) is 0 Å². The van der Waals surface area contributed by atoms with Crippen molar-refractivity contribution in [3.63, 3.8) is 0 Å². The molecule has 1 aliphatic heterocycles. The van der Waals surface area contributed by atoms with Gasteiger partial charge in [-0.05, 0) is 58.7 Å². The van der Waals surface area contributed by atoms with E-state index in [-0.39, 0.29) is 6.61 Å². The molecule has 4 rings (SSSR count). The molecule has 7 nitrogen and oxygen atoms in total. The lowest BCUT2D eigenvalue weighted by molar-refractivity contribution is -0.0596. The number of ether oxygens (including phenoxy) is 4. The summed E-state index contributed by atoms with van der Waals surface area (Å²) in [4.78, 5) is 38.5. The summed E-state index contributed by atoms with van der Waals surface area (Å²) in [5.41, 5.74) is 1.04. The SMILES string of the molecule is CC[C@H]1OC(Br)(COC(=O)c2ccccc2)C(OC(=O)c2ccccc2)[C@H]1OC(=O)c1ccccc1. The Morgan fingerprint density at radius 1 is 0.750 bits per heavy atom. The molecule has 3 aromatic carbocycles. The van der Waals surface area contributed by atoms with Gasteiger partial charge in [0.2, 0.25) is 0 Å². The largest absolute Gasteiger partial charge is 0.458 e. The molecule has 0 amide bonds. The maximum atomic E-state index is 13.0. The number of carbonyl (C=O) groups excluding carboxylic acids is 3. The molecule has 0 spiro atoms. The molecular weight excluding hydrogens is 528 g/mol. The van der Waals surface area contributed by atoms with E-state index in [1.165, 1.54) is 0 Å². The maximum Gasteiger partial charge on any atom is 0.338 e. The quantitative estimate of drug-likeness (QED) is 0.216. The smallest absolute Gasteiger partial charge is 0.338 e. The number of hydrogen-bond donors (Lipinski definition) is 0. The molecule has 0 N–H and O–H groups in total. The fourth-order valence-corrected chi connectivity index (χ4v) is 4.60. The minimum Gasteiger partial charge on any atom is -0.458 e. The van der Waals surface area contributed by atoms with Crippen molar-refractivity contribution >= 4 is 33.8 Å². The highest BCUT2D eigenvalue weighted by Gasteiger charge is 2.58. The van der Waals surface area contributed by atoms with Crippen LogP contribution in [0.2, 0.25) is 0 Å². The average Bonchev–Trinajstić information content (AvgIpc) is 3.19. The first-order valence-electron chi connectivity index (χ1n) is 11.5. The van der Waals surface area contributed by atoms with E-state index in [1.807, 2.05) is 6.92 Å². The minimum absolute atomic E-state index is 0.288. The molecule has 36 heavy (non-hydrogen) atoms. The van der Waals surface area contributed by atoms with E-state index < -0.39 is 40.7 Å². The summed E-state index contributed by atoms with van der Waals surface area (Å²) in [6.45, 7) is 1.57. The normalized spacial score (nSPS) is 23.0. The molecule has 4 atom stereocenters. The molecule has 1 fully saturated rings. The van der Waals surface area contributed by atoms with Crippen molar-refractivity contribution in [2.24, 2.45) is 0 Å². The van der Waals surface area contributed by atoms with Crippen LogP contribution in [0.4, 0.5) is 0 Å². The van der Waals surface area contributed by atoms with Gasteiger partial charge in [-0.3, -0.25) is 0 Å². The standard InChI is InChI=1S/C28H25BrO7/c1-2-22-23(34-26(31)20-14-8-4-9-15-20)24(35-27(32)21-16-10-5-11-17-21)28(29,36-22)18-33-25(30)19-12-6-3-7-13-19/h3-17,22-24H,2,18H2,1H3/t22-,23+,24?,28?/m1/s1. The molecule has 186 valence electrons. The minimum atomic E-state index is -1.44. The number of halogens is 1. The Morgan fingerprint density at radius 2 is 1.19 bits per heavy atom. The van der Waals surface area contributed by atoms with E-state index in [0.717, 1.165) is 0 Å². The number of alkyl halides is 1. The van der Waals surface area contributed by atoms with Crippen LogP contribution in [-0.2, 0) is 18.9 Å². The van der Waals surface area contributed by atoms with Crippen molar-refractivity contribution in [1.29, 1.82) is 0 Å². The molecule has 8 heteroatoms. The first-order chi connectivity index (χ1) is 17.4. The molecule has 0 saturated carbocycles. The third-order valence-electron chi connectivity index (χ3n) is 5.75. The van der Waals surface area contributed by atoms with Crippen LogP contribution in [0.3, 0.4) is 0 Å². The molecule has 0 bridgehead atoms. The van der Waals surface area contributed by atoms with E-state index >= 15 is 0 Å². The fraction of sp³-hybridized carbons (Fsp3) is 0.250. The number of benzene rings is 3. The van der Waals surface area contributed by atoms with Crippen LogP contribution in [0.1, 0.15) is 44.4 Å². The Balaban J connectivity index is 1.59. The topological polar surface area (TPSA) is 88.1 Å². The highest BCUT2D eigenvalue weighted by molar-refractivity contribution is 9.10. The lowest BCUT2D eigenvalue weighted by Crippen LogP contribution is -2.47. The first-order valence-corrected chi connectivity index (χ1v) is 12.3. The Hall–Kier alpha value is -3.49. The van der Waals surface area contributed by atoms with E-state index in [9.17, 15) is 14.4 Å². The Bertz CT molecular complexity index is 1190. The van der Waals surface area contributed by atoms with Gasteiger partial charge in [-0.2, -0.15) is 0 Å². The van der Waals surface area contributed by atoms with Crippen molar-refractivity contribution in [1.82, 2.24) is 0 Å². The predicted octanol–water partition coefficient (Wildman–Crippen LogP) is 5.19. The second-order valence-electron chi connectivity index (χ2n) is 8.22. The molecule has 0 aromatic heterocycles. The van der Waals surface area contributed by atoms with Gasteiger partial charge in [0.05, 0.1) is 16.7 Å². The number of rotatable bonds is 8.